The molecule has 138 valence electrons. The Morgan fingerprint density at radius 2 is 1.70 bits per heavy atom. The second kappa shape index (κ2) is 8.73. The fourth-order valence-electron chi connectivity index (χ4n) is 2.52. The standard InChI is InChI=1S/C21H23N5O/c22-20(18-8-11-21(23)25-12-18)14-26(24)13-16-6-9-19(10-7-16)27-15-17-4-2-1-3-5-17/h1-12,14H,13,15,22,24H2,(H2,23,25)/b20-14-. The predicted octanol–water partition coefficient (Wildman–Crippen LogP) is 2.88. The monoisotopic (exact) mass is 361 g/mol. The lowest BCUT2D eigenvalue weighted by atomic mass is 10.2. The van der Waals surface area contributed by atoms with Gasteiger partial charge in [0.25, 0.3) is 0 Å². The number of nitrogens with zero attached hydrogens (tertiary/aromatic N) is 2. The van der Waals surface area contributed by atoms with Crippen LogP contribution in [0.2, 0.25) is 0 Å². The van der Waals surface area contributed by atoms with E-state index in [1.165, 1.54) is 5.01 Å². The van der Waals surface area contributed by atoms with E-state index in [9.17, 15) is 0 Å². The summed E-state index contributed by atoms with van der Waals surface area (Å²) in [6.45, 7) is 1.06. The average molecular weight is 361 g/mol. The summed E-state index contributed by atoms with van der Waals surface area (Å²) in [5.74, 6) is 7.31. The van der Waals surface area contributed by atoms with E-state index in [4.69, 9.17) is 22.0 Å². The van der Waals surface area contributed by atoms with Crippen LogP contribution in [0.1, 0.15) is 16.7 Å². The lowest BCUT2D eigenvalue weighted by Gasteiger charge is -2.15. The van der Waals surface area contributed by atoms with Gasteiger partial charge in [-0.2, -0.15) is 0 Å². The number of ether oxygens (including phenoxy) is 1. The molecule has 0 bridgehead atoms. The number of pyridine rings is 1. The maximum Gasteiger partial charge on any atom is 0.123 e. The summed E-state index contributed by atoms with van der Waals surface area (Å²) < 4.78 is 5.79. The molecule has 0 atom stereocenters. The third-order valence-electron chi connectivity index (χ3n) is 3.96. The zero-order valence-corrected chi connectivity index (χ0v) is 15.0. The van der Waals surface area contributed by atoms with E-state index >= 15 is 0 Å². The van der Waals surface area contributed by atoms with Crippen molar-refractivity contribution < 1.29 is 4.74 Å². The fraction of sp³-hybridized carbons (Fsp3) is 0.0952. The van der Waals surface area contributed by atoms with Gasteiger partial charge in [-0.15, -0.1) is 0 Å². The number of anilines is 1. The Morgan fingerprint density at radius 1 is 0.963 bits per heavy atom. The minimum atomic E-state index is 0.450. The molecule has 0 amide bonds. The highest BCUT2D eigenvalue weighted by molar-refractivity contribution is 5.62. The Kier molecular flexibility index (Phi) is 5.91. The Bertz CT molecular complexity index is 877. The van der Waals surface area contributed by atoms with Gasteiger partial charge in [0.2, 0.25) is 0 Å². The van der Waals surface area contributed by atoms with Crippen LogP contribution in [-0.4, -0.2) is 9.99 Å². The largest absolute Gasteiger partial charge is 0.489 e. The molecule has 27 heavy (non-hydrogen) atoms. The van der Waals surface area contributed by atoms with Crippen molar-refractivity contribution in [2.24, 2.45) is 11.6 Å². The van der Waals surface area contributed by atoms with E-state index < -0.39 is 0 Å². The molecule has 0 radical (unpaired) electrons. The van der Waals surface area contributed by atoms with Gasteiger partial charge in [0.15, 0.2) is 0 Å². The van der Waals surface area contributed by atoms with Crippen LogP contribution in [0.3, 0.4) is 0 Å². The molecule has 0 aliphatic carbocycles. The zero-order valence-electron chi connectivity index (χ0n) is 15.0. The molecule has 0 aliphatic heterocycles. The van der Waals surface area contributed by atoms with Crippen molar-refractivity contribution in [2.75, 3.05) is 5.73 Å². The summed E-state index contributed by atoms with van der Waals surface area (Å²) in [4.78, 5) is 4.02. The zero-order chi connectivity index (χ0) is 19.1. The third kappa shape index (κ3) is 5.49. The van der Waals surface area contributed by atoms with E-state index in [-0.39, 0.29) is 0 Å². The molecule has 6 nitrogen and oxygen atoms in total. The van der Waals surface area contributed by atoms with Crippen molar-refractivity contribution in [3.63, 3.8) is 0 Å². The van der Waals surface area contributed by atoms with Crippen molar-refractivity contribution in [1.29, 1.82) is 0 Å². The van der Waals surface area contributed by atoms with Gasteiger partial charge < -0.3 is 21.2 Å². The summed E-state index contributed by atoms with van der Waals surface area (Å²) in [5.41, 5.74) is 15.1. The minimum Gasteiger partial charge on any atom is -0.489 e. The smallest absolute Gasteiger partial charge is 0.123 e. The van der Waals surface area contributed by atoms with Gasteiger partial charge in [0.1, 0.15) is 18.2 Å². The van der Waals surface area contributed by atoms with Gasteiger partial charge in [-0.25, -0.2) is 10.8 Å². The Balaban J connectivity index is 1.55. The van der Waals surface area contributed by atoms with Gasteiger partial charge in [0.05, 0.1) is 12.2 Å². The number of nitrogen functional groups attached to an aromatic ring is 1. The number of rotatable bonds is 7. The average Bonchev–Trinajstić information content (AvgIpc) is 2.68. The van der Waals surface area contributed by atoms with E-state index in [0.29, 0.717) is 24.7 Å². The summed E-state index contributed by atoms with van der Waals surface area (Å²) in [7, 11) is 0. The molecule has 1 heterocycles. The molecule has 3 rings (SSSR count). The molecule has 6 N–H and O–H groups in total. The van der Waals surface area contributed by atoms with Crippen molar-refractivity contribution in [2.45, 2.75) is 13.2 Å². The van der Waals surface area contributed by atoms with Gasteiger partial charge in [-0.1, -0.05) is 42.5 Å². The summed E-state index contributed by atoms with van der Waals surface area (Å²) in [6, 6.07) is 21.4. The molecule has 0 saturated carbocycles. The second-order valence-corrected chi connectivity index (χ2v) is 6.15. The number of hydrogen-bond donors (Lipinski definition) is 3. The molecule has 0 saturated heterocycles. The minimum absolute atomic E-state index is 0.450. The number of hydrazine groups is 1. The van der Waals surface area contributed by atoms with Crippen LogP contribution in [0.25, 0.3) is 5.70 Å². The molecule has 1 aromatic heterocycles. The van der Waals surface area contributed by atoms with Crippen LogP contribution >= 0.6 is 0 Å². The molecule has 2 aromatic carbocycles. The molecular weight excluding hydrogens is 338 g/mol. The SMILES string of the molecule is N/C(=C\N(N)Cc1ccc(OCc2ccccc2)cc1)c1ccc(N)nc1. The highest BCUT2D eigenvalue weighted by Crippen LogP contribution is 2.16. The Morgan fingerprint density at radius 3 is 2.37 bits per heavy atom. The predicted molar refractivity (Wildman–Crippen MR) is 108 cm³/mol. The number of benzene rings is 2. The maximum atomic E-state index is 6.06. The maximum absolute atomic E-state index is 6.06. The van der Waals surface area contributed by atoms with Gasteiger partial charge in [-0.05, 0) is 35.4 Å². The van der Waals surface area contributed by atoms with Crippen molar-refractivity contribution in [3.05, 3.63) is 95.8 Å². The van der Waals surface area contributed by atoms with Crippen molar-refractivity contribution >= 4 is 11.5 Å². The molecule has 6 heteroatoms. The fourth-order valence-corrected chi connectivity index (χ4v) is 2.52. The molecule has 0 aliphatic rings. The summed E-state index contributed by atoms with van der Waals surface area (Å²) >= 11 is 0. The lowest BCUT2D eigenvalue weighted by Crippen LogP contribution is -2.25. The molecular formula is C21H23N5O. The van der Waals surface area contributed by atoms with Gasteiger partial charge >= 0.3 is 0 Å². The van der Waals surface area contributed by atoms with Crippen molar-refractivity contribution in [1.82, 2.24) is 9.99 Å². The highest BCUT2D eigenvalue weighted by Gasteiger charge is 2.02. The Hall–Kier alpha value is -3.51. The first-order valence-electron chi connectivity index (χ1n) is 8.56. The van der Waals surface area contributed by atoms with Crippen LogP contribution < -0.4 is 22.0 Å². The first-order chi connectivity index (χ1) is 13.1. The third-order valence-corrected chi connectivity index (χ3v) is 3.96. The lowest BCUT2D eigenvalue weighted by molar-refractivity contribution is 0.306. The molecule has 0 unspecified atom stereocenters. The molecule has 0 fully saturated rings. The summed E-state index contributed by atoms with van der Waals surface area (Å²) in [6.07, 6.45) is 3.29. The van der Waals surface area contributed by atoms with Crippen LogP contribution in [0, 0.1) is 0 Å². The van der Waals surface area contributed by atoms with Crippen LogP contribution in [-0.2, 0) is 13.2 Å². The van der Waals surface area contributed by atoms with Crippen LogP contribution in [0.5, 0.6) is 5.75 Å². The summed E-state index contributed by atoms with van der Waals surface area (Å²) in [5, 5.41) is 1.53. The normalized spacial score (nSPS) is 11.2. The topological polar surface area (TPSA) is 103 Å². The van der Waals surface area contributed by atoms with Gasteiger partial charge in [-0.3, -0.25) is 0 Å². The van der Waals surface area contributed by atoms with E-state index in [1.54, 1.807) is 24.5 Å². The second-order valence-electron chi connectivity index (χ2n) is 6.15. The number of nitrogens with two attached hydrogens (primary N) is 3. The van der Waals surface area contributed by atoms with Gasteiger partial charge in [0, 0.05) is 18.0 Å². The first-order valence-corrected chi connectivity index (χ1v) is 8.56. The Labute approximate surface area is 158 Å². The molecule has 3 aromatic rings. The quantitative estimate of drug-likeness (QED) is 0.442. The van der Waals surface area contributed by atoms with Crippen LogP contribution in [0.4, 0.5) is 5.82 Å². The highest BCUT2D eigenvalue weighted by atomic mass is 16.5. The first kappa shape index (κ1) is 18.3. The van der Waals surface area contributed by atoms with Crippen LogP contribution in [0.15, 0.2) is 79.1 Å². The van der Waals surface area contributed by atoms with E-state index in [0.717, 1.165) is 22.4 Å². The number of hydrogen-bond acceptors (Lipinski definition) is 6. The van der Waals surface area contributed by atoms with E-state index in [2.05, 4.69) is 4.98 Å². The number of aromatic nitrogens is 1. The molecule has 0 spiro atoms. The van der Waals surface area contributed by atoms with Crippen molar-refractivity contribution in [3.8, 4) is 5.75 Å². The van der Waals surface area contributed by atoms with E-state index in [1.807, 2.05) is 54.6 Å².